The molecule has 2 nitrogen and oxygen atoms in total. The van der Waals surface area contributed by atoms with Crippen molar-refractivity contribution in [2.45, 2.75) is 18.8 Å². The molecule has 1 fully saturated rings. The molecule has 2 aromatic rings. The number of hydrogen-bond donors (Lipinski definition) is 0. The van der Waals surface area contributed by atoms with E-state index < -0.39 is 0 Å². The summed E-state index contributed by atoms with van der Waals surface area (Å²) >= 11 is 0. The van der Waals surface area contributed by atoms with Gasteiger partial charge in [-0.2, -0.15) is 0 Å². The fourth-order valence-electron chi connectivity index (χ4n) is 2.73. The molecule has 1 heterocycles. The Kier molecular flexibility index (Phi) is 3.32. The second-order valence-corrected chi connectivity index (χ2v) is 4.93. The lowest BCUT2D eigenvalue weighted by atomic mass is 9.89. The van der Waals surface area contributed by atoms with E-state index in [9.17, 15) is 4.79 Å². The molecule has 1 aliphatic rings. The van der Waals surface area contributed by atoms with Gasteiger partial charge in [0.05, 0.1) is 5.92 Å². The van der Waals surface area contributed by atoms with Crippen LogP contribution in [0.25, 0.3) is 0 Å². The maximum atomic E-state index is 12.7. The molecule has 0 saturated carbocycles. The molecular weight excluding hydrogens is 234 g/mol. The second kappa shape index (κ2) is 5.27. The lowest BCUT2D eigenvalue weighted by molar-refractivity contribution is -0.121. The van der Waals surface area contributed by atoms with Crippen molar-refractivity contribution >= 4 is 11.6 Å². The Bertz CT molecular complexity index is 500. The van der Waals surface area contributed by atoms with Gasteiger partial charge in [-0.15, -0.1) is 0 Å². The third-order valence-corrected chi connectivity index (χ3v) is 3.71. The van der Waals surface area contributed by atoms with E-state index in [0.29, 0.717) is 0 Å². The average Bonchev–Trinajstić information content (AvgIpc) is 2.49. The van der Waals surface area contributed by atoms with Gasteiger partial charge in [-0.05, 0) is 30.5 Å². The average molecular weight is 251 g/mol. The number of para-hydroxylation sites is 1. The van der Waals surface area contributed by atoms with Crippen molar-refractivity contribution in [3.05, 3.63) is 66.2 Å². The summed E-state index contributed by atoms with van der Waals surface area (Å²) in [6.45, 7) is 0.826. The van der Waals surface area contributed by atoms with Crippen LogP contribution in [0.2, 0.25) is 0 Å². The van der Waals surface area contributed by atoms with Gasteiger partial charge in [-0.25, -0.2) is 0 Å². The summed E-state index contributed by atoms with van der Waals surface area (Å²) in [5, 5.41) is 0. The molecule has 0 aliphatic carbocycles. The molecule has 3 rings (SSSR count). The molecule has 0 bridgehead atoms. The highest BCUT2D eigenvalue weighted by molar-refractivity contribution is 5.98. The van der Waals surface area contributed by atoms with Crippen LogP contribution in [0.1, 0.15) is 24.3 Å². The minimum atomic E-state index is 0.00940. The summed E-state index contributed by atoms with van der Waals surface area (Å²) in [6, 6.07) is 20.1. The maximum Gasteiger partial charge on any atom is 0.234 e. The Morgan fingerprint density at radius 2 is 1.53 bits per heavy atom. The first kappa shape index (κ1) is 12.0. The number of benzene rings is 2. The molecule has 1 aliphatic heterocycles. The molecule has 2 heteroatoms. The number of amides is 1. The number of nitrogens with zero attached hydrogens (tertiary/aromatic N) is 1. The molecule has 1 atom stereocenters. The molecule has 1 saturated heterocycles. The van der Waals surface area contributed by atoms with Crippen LogP contribution in [0.4, 0.5) is 5.69 Å². The predicted octanol–water partition coefficient (Wildman–Crippen LogP) is 3.60. The monoisotopic (exact) mass is 251 g/mol. The van der Waals surface area contributed by atoms with Gasteiger partial charge in [-0.3, -0.25) is 4.79 Å². The quantitative estimate of drug-likeness (QED) is 0.798. The third-order valence-electron chi connectivity index (χ3n) is 3.71. The van der Waals surface area contributed by atoms with Crippen LogP contribution >= 0.6 is 0 Å². The van der Waals surface area contributed by atoms with Gasteiger partial charge in [0.25, 0.3) is 0 Å². The number of anilines is 1. The van der Waals surface area contributed by atoms with Crippen molar-refractivity contribution in [3.8, 4) is 0 Å². The van der Waals surface area contributed by atoms with E-state index in [2.05, 4.69) is 12.1 Å². The van der Waals surface area contributed by atoms with Gasteiger partial charge in [0.2, 0.25) is 5.91 Å². The summed E-state index contributed by atoms with van der Waals surface area (Å²) in [5.41, 5.74) is 2.14. The SMILES string of the molecule is O=C1C(c2ccccc2)CCCN1c1ccccc1. The van der Waals surface area contributed by atoms with Gasteiger partial charge < -0.3 is 4.90 Å². The second-order valence-electron chi connectivity index (χ2n) is 4.93. The zero-order valence-corrected chi connectivity index (χ0v) is 10.8. The van der Waals surface area contributed by atoms with Gasteiger partial charge in [0.1, 0.15) is 0 Å². The van der Waals surface area contributed by atoms with E-state index in [4.69, 9.17) is 0 Å². The van der Waals surface area contributed by atoms with Gasteiger partial charge in [-0.1, -0.05) is 48.5 Å². The summed E-state index contributed by atoms with van der Waals surface area (Å²) in [7, 11) is 0. The van der Waals surface area contributed by atoms with Crippen molar-refractivity contribution in [1.29, 1.82) is 0 Å². The van der Waals surface area contributed by atoms with Crippen LogP contribution in [0.15, 0.2) is 60.7 Å². The molecule has 0 radical (unpaired) electrons. The molecule has 0 aromatic heterocycles. The van der Waals surface area contributed by atoms with Crippen LogP contribution in [-0.2, 0) is 4.79 Å². The molecule has 19 heavy (non-hydrogen) atoms. The van der Waals surface area contributed by atoms with Crippen molar-refractivity contribution in [2.75, 3.05) is 11.4 Å². The minimum absolute atomic E-state index is 0.00940. The van der Waals surface area contributed by atoms with Crippen LogP contribution in [0, 0.1) is 0 Å². The summed E-state index contributed by atoms with van der Waals surface area (Å²) < 4.78 is 0. The van der Waals surface area contributed by atoms with Crippen LogP contribution in [0.3, 0.4) is 0 Å². The number of rotatable bonds is 2. The van der Waals surface area contributed by atoms with Crippen molar-refractivity contribution in [2.24, 2.45) is 0 Å². The first-order valence-electron chi connectivity index (χ1n) is 6.77. The fraction of sp³-hybridized carbons (Fsp3) is 0.235. The van der Waals surface area contributed by atoms with Crippen molar-refractivity contribution in [1.82, 2.24) is 0 Å². The largest absolute Gasteiger partial charge is 0.312 e. The number of carbonyl (C=O) groups is 1. The molecule has 1 unspecified atom stereocenters. The lowest BCUT2D eigenvalue weighted by Crippen LogP contribution is -2.40. The Morgan fingerprint density at radius 3 is 2.21 bits per heavy atom. The molecule has 1 amide bonds. The zero-order valence-electron chi connectivity index (χ0n) is 10.8. The van der Waals surface area contributed by atoms with E-state index in [1.54, 1.807) is 0 Å². The summed E-state index contributed by atoms with van der Waals surface area (Å²) in [5.74, 6) is 0.235. The van der Waals surface area contributed by atoms with E-state index >= 15 is 0 Å². The van der Waals surface area contributed by atoms with Crippen molar-refractivity contribution < 1.29 is 4.79 Å². The molecular formula is C17H17NO. The van der Waals surface area contributed by atoms with Gasteiger partial charge in [0.15, 0.2) is 0 Å². The Hall–Kier alpha value is -2.09. The van der Waals surface area contributed by atoms with E-state index in [0.717, 1.165) is 30.6 Å². The Morgan fingerprint density at radius 1 is 0.895 bits per heavy atom. The zero-order chi connectivity index (χ0) is 13.1. The lowest BCUT2D eigenvalue weighted by Gasteiger charge is -2.32. The molecule has 0 N–H and O–H groups in total. The molecule has 2 aromatic carbocycles. The summed E-state index contributed by atoms with van der Waals surface area (Å²) in [4.78, 5) is 14.6. The minimum Gasteiger partial charge on any atom is -0.312 e. The van der Waals surface area contributed by atoms with Crippen LogP contribution in [0.5, 0.6) is 0 Å². The smallest absolute Gasteiger partial charge is 0.234 e. The van der Waals surface area contributed by atoms with E-state index in [1.165, 1.54) is 0 Å². The maximum absolute atomic E-state index is 12.7. The molecule has 96 valence electrons. The Balaban J connectivity index is 1.88. The van der Waals surface area contributed by atoms with E-state index in [1.807, 2.05) is 53.4 Å². The predicted molar refractivity (Wildman–Crippen MR) is 77.2 cm³/mol. The third kappa shape index (κ3) is 2.39. The van der Waals surface area contributed by atoms with E-state index in [-0.39, 0.29) is 11.8 Å². The fourth-order valence-corrected chi connectivity index (χ4v) is 2.73. The van der Waals surface area contributed by atoms with Crippen molar-refractivity contribution in [3.63, 3.8) is 0 Å². The topological polar surface area (TPSA) is 20.3 Å². The number of hydrogen-bond acceptors (Lipinski definition) is 1. The first-order chi connectivity index (χ1) is 9.36. The highest BCUT2D eigenvalue weighted by atomic mass is 16.2. The normalized spacial score (nSPS) is 19.5. The van der Waals surface area contributed by atoms with Crippen LogP contribution < -0.4 is 4.90 Å². The summed E-state index contributed by atoms with van der Waals surface area (Å²) in [6.07, 6.45) is 2.01. The van der Waals surface area contributed by atoms with Gasteiger partial charge in [0, 0.05) is 12.2 Å². The van der Waals surface area contributed by atoms with Gasteiger partial charge >= 0.3 is 0 Å². The highest BCUT2D eigenvalue weighted by Gasteiger charge is 2.30. The number of carbonyl (C=O) groups excluding carboxylic acids is 1. The standard InChI is InChI=1S/C17H17NO/c19-17-16(14-8-3-1-4-9-14)12-7-13-18(17)15-10-5-2-6-11-15/h1-6,8-11,16H,7,12-13H2. The van der Waals surface area contributed by atoms with Crippen LogP contribution in [-0.4, -0.2) is 12.5 Å². The first-order valence-corrected chi connectivity index (χ1v) is 6.77. The molecule has 0 spiro atoms. The highest BCUT2D eigenvalue weighted by Crippen LogP contribution is 2.30. The number of piperidine rings is 1. The Labute approximate surface area is 113 Å².